The molecule has 0 radical (unpaired) electrons. The van der Waals surface area contributed by atoms with Crippen molar-refractivity contribution in [2.24, 2.45) is 11.5 Å². The molecule has 0 saturated heterocycles. The summed E-state index contributed by atoms with van der Waals surface area (Å²) in [5.41, 5.74) is 12.7. The highest BCUT2D eigenvalue weighted by Crippen LogP contribution is 2.14. The van der Waals surface area contributed by atoms with Crippen LogP contribution in [0.2, 0.25) is 0 Å². The van der Waals surface area contributed by atoms with Crippen LogP contribution >= 0.6 is 0 Å². The minimum atomic E-state index is -5.08. The SMILES string of the molecule is NCCCc1ccc(C(=O)Nc2ccc(CN)cc2)o1.O=C(O)C(F)(F)F. The third-order valence-corrected chi connectivity index (χ3v) is 3.20. The van der Waals surface area contributed by atoms with Crippen LogP contribution in [0.15, 0.2) is 40.8 Å². The number of amides is 1. The molecule has 0 atom stereocenters. The second-order valence-corrected chi connectivity index (χ2v) is 5.32. The predicted molar refractivity (Wildman–Crippen MR) is 92.1 cm³/mol. The van der Waals surface area contributed by atoms with Gasteiger partial charge >= 0.3 is 12.1 Å². The second-order valence-electron chi connectivity index (χ2n) is 5.32. The summed E-state index contributed by atoms with van der Waals surface area (Å²) in [5, 5.41) is 9.91. The van der Waals surface area contributed by atoms with Gasteiger partial charge in [-0.05, 0) is 42.8 Å². The number of rotatable bonds is 6. The van der Waals surface area contributed by atoms with Crippen LogP contribution in [0.4, 0.5) is 18.9 Å². The Labute approximate surface area is 153 Å². The first-order chi connectivity index (χ1) is 12.7. The summed E-state index contributed by atoms with van der Waals surface area (Å²) in [6, 6.07) is 10.9. The summed E-state index contributed by atoms with van der Waals surface area (Å²) in [6.07, 6.45) is -3.50. The lowest BCUT2D eigenvalue weighted by Crippen LogP contribution is -2.21. The molecular weight excluding hydrogens is 367 g/mol. The molecule has 2 rings (SSSR count). The van der Waals surface area contributed by atoms with Crippen LogP contribution in [0.3, 0.4) is 0 Å². The largest absolute Gasteiger partial charge is 0.490 e. The Morgan fingerprint density at radius 2 is 1.67 bits per heavy atom. The molecule has 0 unspecified atom stereocenters. The van der Waals surface area contributed by atoms with Crippen molar-refractivity contribution in [3.8, 4) is 0 Å². The minimum Gasteiger partial charge on any atom is -0.475 e. The minimum absolute atomic E-state index is 0.260. The van der Waals surface area contributed by atoms with E-state index in [4.69, 9.17) is 25.8 Å². The number of aryl methyl sites for hydroxylation is 1. The molecular formula is C17H20F3N3O4. The van der Waals surface area contributed by atoms with E-state index < -0.39 is 12.1 Å². The third-order valence-electron chi connectivity index (χ3n) is 3.20. The fraction of sp³-hybridized carbons (Fsp3) is 0.294. The van der Waals surface area contributed by atoms with Crippen LogP contribution in [0.1, 0.15) is 28.3 Å². The molecule has 0 aliphatic heterocycles. The molecule has 1 aromatic heterocycles. The van der Waals surface area contributed by atoms with Gasteiger partial charge in [0.2, 0.25) is 0 Å². The van der Waals surface area contributed by atoms with Gasteiger partial charge in [-0.2, -0.15) is 13.2 Å². The first kappa shape index (κ1) is 22.2. The Morgan fingerprint density at radius 3 is 2.15 bits per heavy atom. The van der Waals surface area contributed by atoms with Crippen molar-refractivity contribution in [1.82, 2.24) is 0 Å². The molecule has 27 heavy (non-hydrogen) atoms. The summed E-state index contributed by atoms with van der Waals surface area (Å²) in [5.74, 6) is -1.93. The maximum absolute atomic E-state index is 12.0. The third kappa shape index (κ3) is 7.92. The molecule has 0 bridgehead atoms. The van der Waals surface area contributed by atoms with Gasteiger partial charge in [0, 0.05) is 18.7 Å². The van der Waals surface area contributed by atoms with Crippen LogP contribution < -0.4 is 16.8 Å². The fourth-order valence-corrected chi connectivity index (χ4v) is 1.83. The van der Waals surface area contributed by atoms with Gasteiger partial charge in [0.1, 0.15) is 5.76 Å². The normalized spacial score (nSPS) is 10.7. The van der Waals surface area contributed by atoms with E-state index in [1.807, 2.05) is 30.3 Å². The van der Waals surface area contributed by atoms with E-state index in [0.29, 0.717) is 24.5 Å². The predicted octanol–water partition coefficient (Wildman–Crippen LogP) is 2.52. The van der Waals surface area contributed by atoms with Gasteiger partial charge < -0.3 is 26.3 Å². The van der Waals surface area contributed by atoms with Gasteiger partial charge in [0.15, 0.2) is 5.76 Å². The van der Waals surface area contributed by atoms with Crippen molar-refractivity contribution in [2.45, 2.75) is 25.6 Å². The molecule has 7 nitrogen and oxygen atoms in total. The number of nitrogens with two attached hydrogens (primary N) is 2. The van der Waals surface area contributed by atoms with E-state index in [0.717, 1.165) is 24.2 Å². The Bertz CT molecular complexity index is 743. The summed E-state index contributed by atoms with van der Waals surface area (Å²) in [4.78, 5) is 20.9. The number of carboxylic acid groups (broad SMARTS) is 1. The van der Waals surface area contributed by atoms with Gasteiger partial charge in [-0.25, -0.2) is 4.79 Å². The molecule has 0 spiro atoms. The van der Waals surface area contributed by atoms with Crippen molar-refractivity contribution in [3.63, 3.8) is 0 Å². The first-order valence-corrected chi connectivity index (χ1v) is 7.86. The number of halogens is 3. The average molecular weight is 387 g/mol. The van der Waals surface area contributed by atoms with E-state index in [1.54, 1.807) is 6.07 Å². The first-order valence-electron chi connectivity index (χ1n) is 7.86. The number of hydrogen-bond donors (Lipinski definition) is 4. The number of carbonyl (C=O) groups excluding carboxylic acids is 1. The summed E-state index contributed by atoms with van der Waals surface area (Å²) >= 11 is 0. The molecule has 0 aliphatic carbocycles. The highest BCUT2D eigenvalue weighted by Gasteiger charge is 2.38. The molecule has 0 fully saturated rings. The molecule has 6 N–H and O–H groups in total. The Hall–Kier alpha value is -2.85. The zero-order valence-electron chi connectivity index (χ0n) is 14.3. The summed E-state index contributed by atoms with van der Waals surface area (Å²) < 4.78 is 37.2. The highest BCUT2D eigenvalue weighted by atomic mass is 19.4. The van der Waals surface area contributed by atoms with Crippen molar-refractivity contribution in [1.29, 1.82) is 0 Å². The number of aliphatic carboxylic acids is 1. The fourth-order valence-electron chi connectivity index (χ4n) is 1.83. The molecule has 10 heteroatoms. The van der Waals surface area contributed by atoms with E-state index in [1.165, 1.54) is 0 Å². The number of carboxylic acids is 1. The summed E-state index contributed by atoms with van der Waals surface area (Å²) in [6.45, 7) is 1.09. The monoisotopic (exact) mass is 387 g/mol. The Kier molecular flexibility index (Phi) is 8.49. The van der Waals surface area contributed by atoms with Crippen LogP contribution in [0.5, 0.6) is 0 Å². The van der Waals surface area contributed by atoms with Gasteiger partial charge in [-0.3, -0.25) is 4.79 Å². The lowest BCUT2D eigenvalue weighted by atomic mass is 10.2. The molecule has 0 saturated carbocycles. The van der Waals surface area contributed by atoms with E-state index >= 15 is 0 Å². The molecule has 1 heterocycles. The average Bonchev–Trinajstić information content (AvgIpc) is 3.09. The molecule has 1 aromatic carbocycles. The van der Waals surface area contributed by atoms with Gasteiger partial charge in [0.25, 0.3) is 5.91 Å². The van der Waals surface area contributed by atoms with E-state index in [-0.39, 0.29) is 5.91 Å². The highest BCUT2D eigenvalue weighted by molar-refractivity contribution is 6.02. The number of nitrogens with one attached hydrogen (secondary N) is 1. The number of anilines is 1. The van der Waals surface area contributed by atoms with Crippen LogP contribution in [0.25, 0.3) is 0 Å². The van der Waals surface area contributed by atoms with Crippen molar-refractivity contribution in [2.75, 3.05) is 11.9 Å². The number of carbonyl (C=O) groups is 2. The second kappa shape index (κ2) is 10.3. The van der Waals surface area contributed by atoms with Gasteiger partial charge in [-0.15, -0.1) is 0 Å². The molecule has 1 amide bonds. The van der Waals surface area contributed by atoms with Crippen LogP contribution in [-0.4, -0.2) is 29.7 Å². The van der Waals surface area contributed by atoms with Crippen molar-refractivity contribution < 1.29 is 32.3 Å². The maximum atomic E-state index is 12.0. The lowest BCUT2D eigenvalue weighted by molar-refractivity contribution is -0.192. The van der Waals surface area contributed by atoms with Crippen LogP contribution in [0, 0.1) is 0 Å². The maximum Gasteiger partial charge on any atom is 0.490 e. The van der Waals surface area contributed by atoms with Crippen molar-refractivity contribution in [3.05, 3.63) is 53.5 Å². The Morgan fingerprint density at radius 1 is 1.07 bits per heavy atom. The number of benzene rings is 1. The zero-order valence-corrected chi connectivity index (χ0v) is 14.3. The molecule has 0 aliphatic rings. The molecule has 2 aromatic rings. The number of alkyl halides is 3. The molecule has 148 valence electrons. The van der Waals surface area contributed by atoms with Gasteiger partial charge in [0.05, 0.1) is 0 Å². The smallest absolute Gasteiger partial charge is 0.475 e. The lowest BCUT2D eigenvalue weighted by Gasteiger charge is -2.04. The standard InChI is InChI=1S/C15H19N3O2.C2HF3O2/c16-9-1-2-13-7-8-14(20-13)15(19)18-12-5-3-11(10-17)4-6-12;3-2(4,5)1(6)7/h3-8H,1-2,9-10,16-17H2,(H,18,19);(H,6,7). The quantitative estimate of drug-likeness (QED) is 0.602. The van der Waals surface area contributed by atoms with E-state index in [2.05, 4.69) is 5.32 Å². The Balaban J connectivity index is 0.000000445. The topological polar surface area (TPSA) is 132 Å². The van der Waals surface area contributed by atoms with Crippen molar-refractivity contribution >= 4 is 17.6 Å². The number of hydrogen-bond acceptors (Lipinski definition) is 5. The number of furan rings is 1. The van der Waals surface area contributed by atoms with Gasteiger partial charge in [-0.1, -0.05) is 12.1 Å². The van der Waals surface area contributed by atoms with Crippen LogP contribution in [-0.2, 0) is 17.8 Å². The zero-order chi connectivity index (χ0) is 20.4. The summed E-state index contributed by atoms with van der Waals surface area (Å²) in [7, 11) is 0. The van der Waals surface area contributed by atoms with E-state index in [9.17, 15) is 18.0 Å².